The Kier molecular flexibility index (Phi) is 4.77. The van der Waals surface area contributed by atoms with Crippen LogP contribution in [-0.4, -0.2) is 36.2 Å². The Morgan fingerprint density at radius 3 is 2.57 bits per heavy atom. The van der Waals surface area contributed by atoms with Gasteiger partial charge >= 0.3 is 0 Å². The van der Waals surface area contributed by atoms with E-state index < -0.39 is 10.8 Å². The number of aromatic hydroxyl groups is 1. The Bertz CT molecular complexity index is 1300. The van der Waals surface area contributed by atoms with Crippen LogP contribution in [0.5, 0.6) is 5.88 Å². The molecule has 0 unspecified atom stereocenters. The molecule has 2 aromatic carbocycles. The molecule has 2 heterocycles. The van der Waals surface area contributed by atoms with E-state index in [1.54, 1.807) is 12.1 Å². The van der Waals surface area contributed by atoms with E-state index in [9.17, 15) is 20.0 Å². The first-order valence-corrected chi connectivity index (χ1v) is 8.90. The smallest absolute Gasteiger partial charge is 0.271 e. The molecule has 9 heteroatoms. The van der Waals surface area contributed by atoms with Gasteiger partial charge in [-0.3, -0.25) is 19.9 Å². The number of aromatic nitrogens is 3. The maximum atomic E-state index is 12.3. The number of hydrogen-bond acceptors (Lipinski definition) is 7. The maximum absolute atomic E-state index is 12.3. The van der Waals surface area contributed by atoms with E-state index in [0.29, 0.717) is 22.5 Å². The highest BCUT2D eigenvalue weighted by Crippen LogP contribution is 2.36. The van der Waals surface area contributed by atoms with Crippen LogP contribution in [-0.2, 0) is 0 Å². The summed E-state index contributed by atoms with van der Waals surface area (Å²) in [5, 5.41) is 22.6. The molecule has 0 fully saturated rings. The quantitative estimate of drug-likeness (QED) is 0.314. The zero-order valence-corrected chi connectivity index (χ0v) is 15.8. The molecule has 1 N–H and O–H groups in total. The number of benzene rings is 2. The first kappa shape index (κ1) is 18.9. The van der Waals surface area contributed by atoms with Gasteiger partial charge in [-0.1, -0.05) is 30.3 Å². The van der Waals surface area contributed by atoms with E-state index in [1.165, 1.54) is 43.7 Å². The number of fused-ring (bicyclic) bond motifs is 1. The molecule has 0 aliphatic rings. The van der Waals surface area contributed by atoms with Crippen molar-refractivity contribution >= 4 is 34.0 Å². The van der Waals surface area contributed by atoms with E-state index in [0.717, 1.165) is 4.57 Å². The topological polar surface area (TPSA) is 124 Å². The summed E-state index contributed by atoms with van der Waals surface area (Å²) in [6.07, 6.45) is 4.47. The molecule has 0 amide bonds. The number of aliphatic imine (C=N–C) groups is 1. The second-order valence-electron chi connectivity index (χ2n) is 6.40. The number of nitrogens with zero attached hydrogens (tertiary/aromatic N) is 5. The first-order chi connectivity index (χ1) is 14.5. The molecule has 0 aliphatic carbocycles. The van der Waals surface area contributed by atoms with E-state index in [1.807, 2.05) is 18.2 Å². The van der Waals surface area contributed by atoms with Crippen LogP contribution in [0.3, 0.4) is 0 Å². The predicted octanol–water partition coefficient (Wildman–Crippen LogP) is 3.87. The van der Waals surface area contributed by atoms with Crippen LogP contribution in [0, 0.1) is 10.1 Å². The highest BCUT2D eigenvalue weighted by atomic mass is 16.6. The van der Waals surface area contributed by atoms with Crippen molar-refractivity contribution in [3.63, 3.8) is 0 Å². The average molecular weight is 401 g/mol. The van der Waals surface area contributed by atoms with Crippen LogP contribution in [0.4, 0.5) is 11.5 Å². The monoisotopic (exact) mass is 401 g/mol. The first-order valence-electron chi connectivity index (χ1n) is 8.90. The summed E-state index contributed by atoms with van der Waals surface area (Å²) in [6.45, 7) is 1.27. The average Bonchev–Trinajstić information content (AvgIpc) is 3.04. The van der Waals surface area contributed by atoms with Crippen molar-refractivity contribution in [2.45, 2.75) is 6.92 Å². The SMILES string of the molecule is CC(=O)n1c(O)c(C(=Nc2cnccn2)c2ccccc2)c2ccc([N+](=O)[O-])cc21. The van der Waals surface area contributed by atoms with Gasteiger partial charge < -0.3 is 5.11 Å². The van der Waals surface area contributed by atoms with Crippen molar-refractivity contribution in [2.75, 3.05) is 0 Å². The Balaban J connectivity index is 2.08. The number of nitro benzene ring substituents is 1. The summed E-state index contributed by atoms with van der Waals surface area (Å²) >= 11 is 0. The van der Waals surface area contributed by atoms with Gasteiger partial charge in [0.05, 0.1) is 27.9 Å². The molecule has 0 radical (unpaired) electrons. The van der Waals surface area contributed by atoms with Crippen molar-refractivity contribution in [1.29, 1.82) is 0 Å². The van der Waals surface area contributed by atoms with Crippen molar-refractivity contribution in [3.05, 3.63) is 88.4 Å². The fourth-order valence-electron chi connectivity index (χ4n) is 3.25. The molecule has 0 saturated heterocycles. The van der Waals surface area contributed by atoms with Gasteiger partial charge in [-0.05, 0) is 6.07 Å². The van der Waals surface area contributed by atoms with Crippen molar-refractivity contribution in [2.24, 2.45) is 4.99 Å². The van der Waals surface area contributed by atoms with Gasteiger partial charge in [-0.25, -0.2) is 14.5 Å². The molecule has 0 saturated carbocycles. The summed E-state index contributed by atoms with van der Waals surface area (Å²) in [7, 11) is 0. The lowest BCUT2D eigenvalue weighted by Gasteiger charge is -2.07. The fourth-order valence-corrected chi connectivity index (χ4v) is 3.25. The largest absolute Gasteiger partial charge is 0.494 e. The number of non-ortho nitro benzene ring substituents is 1. The van der Waals surface area contributed by atoms with Gasteiger partial charge in [0.15, 0.2) is 5.82 Å². The van der Waals surface area contributed by atoms with E-state index in [4.69, 9.17) is 0 Å². The molecule has 0 aliphatic heterocycles. The number of carbonyl (C=O) groups is 1. The standard InChI is InChI=1S/C21H15N5O4/c1-13(27)25-17-11-15(26(29)30)7-8-16(17)19(21(25)28)20(14-5-3-2-4-6-14)24-18-12-22-9-10-23-18/h2-12,28H,1H3. The van der Waals surface area contributed by atoms with Crippen LogP contribution in [0.1, 0.15) is 22.8 Å². The summed E-state index contributed by atoms with van der Waals surface area (Å²) in [5.41, 5.74) is 1.31. The Labute approximate surface area is 170 Å². The third kappa shape index (κ3) is 3.28. The third-order valence-electron chi connectivity index (χ3n) is 4.51. The molecule has 0 atom stereocenters. The fraction of sp³-hybridized carbons (Fsp3) is 0.0476. The van der Waals surface area contributed by atoms with Gasteiger partial charge in [-0.2, -0.15) is 0 Å². The normalized spacial score (nSPS) is 11.6. The molecule has 0 bridgehead atoms. The summed E-state index contributed by atoms with van der Waals surface area (Å²) < 4.78 is 1.03. The molecular weight excluding hydrogens is 386 g/mol. The van der Waals surface area contributed by atoms with Gasteiger partial charge in [0.25, 0.3) is 5.69 Å². The number of carbonyl (C=O) groups excluding carboxylic acids is 1. The van der Waals surface area contributed by atoms with Gasteiger partial charge in [0.2, 0.25) is 11.8 Å². The second-order valence-corrected chi connectivity index (χ2v) is 6.40. The Morgan fingerprint density at radius 2 is 1.93 bits per heavy atom. The molecule has 9 nitrogen and oxygen atoms in total. The second kappa shape index (κ2) is 7.55. The molecule has 2 aromatic heterocycles. The number of hydrogen-bond donors (Lipinski definition) is 1. The molecule has 4 rings (SSSR count). The Hall–Kier alpha value is -4.40. The lowest BCUT2D eigenvalue weighted by Crippen LogP contribution is -2.07. The van der Waals surface area contributed by atoms with Crippen molar-refractivity contribution in [1.82, 2.24) is 14.5 Å². The highest BCUT2D eigenvalue weighted by Gasteiger charge is 2.25. The van der Waals surface area contributed by atoms with Gasteiger partial charge in [0.1, 0.15) is 0 Å². The van der Waals surface area contributed by atoms with Gasteiger partial charge in [-0.15, -0.1) is 0 Å². The molecule has 30 heavy (non-hydrogen) atoms. The number of nitro groups is 1. The van der Waals surface area contributed by atoms with E-state index in [2.05, 4.69) is 15.0 Å². The summed E-state index contributed by atoms with van der Waals surface area (Å²) in [4.78, 5) is 35.7. The minimum absolute atomic E-state index is 0.193. The van der Waals surface area contributed by atoms with Crippen LogP contribution >= 0.6 is 0 Å². The predicted molar refractivity (Wildman–Crippen MR) is 110 cm³/mol. The highest BCUT2D eigenvalue weighted by molar-refractivity contribution is 6.23. The summed E-state index contributed by atoms with van der Waals surface area (Å²) in [5.74, 6) is -0.540. The van der Waals surface area contributed by atoms with E-state index >= 15 is 0 Å². The molecular formula is C21H15N5O4. The zero-order valence-electron chi connectivity index (χ0n) is 15.8. The van der Waals surface area contributed by atoms with Crippen LogP contribution in [0.2, 0.25) is 0 Å². The van der Waals surface area contributed by atoms with Crippen LogP contribution < -0.4 is 0 Å². The lowest BCUT2D eigenvalue weighted by atomic mass is 10.0. The van der Waals surface area contributed by atoms with Crippen molar-refractivity contribution in [3.8, 4) is 5.88 Å². The van der Waals surface area contributed by atoms with E-state index in [-0.39, 0.29) is 22.6 Å². The third-order valence-corrected chi connectivity index (χ3v) is 4.51. The minimum atomic E-state index is -0.556. The maximum Gasteiger partial charge on any atom is 0.271 e. The Morgan fingerprint density at radius 1 is 1.17 bits per heavy atom. The number of rotatable bonds is 4. The van der Waals surface area contributed by atoms with Crippen LogP contribution in [0.25, 0.3) is 10.9 Å². The zero-order chi connectivity index (χ0) is 21.3. The summed E-state index contributed by atoms with van der Waals surface area (Å²) in [6, 6.07) is 13.1. The van der Waals surface area contributed by atoms with Crippen LogP contribution in [0.15, 0.2) is 72.1 Å². The molecule has 148 valence electrons. The molecule has 0 spiro atoms. The van der Waals surface area contributed by atoms with Crippen molar-refractivity contribution < 1.29 is 14.8 Å². The molecule has 4 aromatic rings. The lowest BCUT2D eigenvalue weighted by molar-refractivity contribution is -0.384. The van der Waals surface area contributed by atoms with Gasteiger partial charge in [0, 0.05) is 42.4 Å². The minimum Gasteiger partial charge on any atom is -0.494 e.